The Hall–Kier alpha value is -2.04. The van der Waals surface area contributed by atoms with Gasteiger partial charge in [-0.1, -0.05) is 30.3 Å². The average molecular weight is 303 g/mol. The molecule has 1 amide bonds. The number of hydrogen-bond donors (Lipinski definition) is 0. The van der Waals surface area contributed by atoms with Gasteiger partial charge in [-0.25, -0.2) is 4.79 Å². The van der Waals surface area contributed by atoms with Gasteiger partial charge in [-0.3, -0.25) is 4.79 Å². The SMILES string of the molecule is CCOC(=O)C12CCC1CN(C(=O)OCc1ccccc1)C2. The zero-order valence-corrected chi connectivity index (χ0v) is 12.8. The summed E-state index contributed by atoms with van der Waals surface area (Å²) in [6, 6.07) is 9.58. The molecule has 118 valence electrons. The molecule has 0 spiro atoms. The second-order valence-corrected chi connectivity index (χ2v) is 6.03. The molecule has 1 heterocycles. The van der Waals surface area contributed by atoms with Crippen molar-refractivity contribution in [2.45, 2.75) is 26.4 Å². The molecule has 2 atom stereocenters. The first-order chi connectivity index (χ1) is 10.7. The van der Waals surface area contributed by atoms with E-state index in [1.54, 1.807) is 4.90 Å². The van der Waals surface area contributed by atoms with Gasteiger partial charge in [0, 0.05) is 13.1 Å². The first-order valence-corrected chi connectivity index (χ1v) is 7.78. The van der Waals surface area contributed by atoms with Gasteiger partial charge >= 0.3 is 12.1 Å². The van der Waals surface area contributed by atoms with E-state index in [-0.39, 0.29) is 24.6 Å². The maximum Gasteiger partial charge on any atom is 0.410 e. The van der Waals surface area contributed by atoms with Crippen LogP contribution in [-0.4, -0.2) is 36.7 Å². The fourth-order valence-electron chi connectivity index (χ4n) is 3.40. The van der Waals surface area contributed by atoms with E-state index in [4.69, 9.17) is 9.47 Å². The third-order valence-corrected chi connectivity index (χ3v) is 4.78. The zero-order valence-electron chi connectivity index (χ0n) is 12.8. The Morgan fingerprint density at radius 3 is 2.68 bits per heavy atom. The molecule has 5 nitrogen and oxygen atoms in total. The molecule has 2 unspecified atom stereocenters. The molecule has 3 rings (SSSR count). The number of esters is 1. The van der Waals surface area contributed by atoms with E-state index in [9.17, 15) is 9.59 Å². The van der Waals surface area contributed by atoms with E-state index >= 15 is 0 Å². The number of nitrogens with zero attached hydrogens (tertiary/aromatic N) is 1. The predicted molar refractivity (Wildman–Crippen MR) is 80.0 cm³/mol. The van der Waals surface area contributed by atoms with Gasteiger partial charge in [-0.2, -0.15) is 0 Å². The van der Waals surface area contributed by atoms with Crippen LogP contribution in [0.4, 0.5) is 4.79 Å². The Kier molecular flexibility index (Phi) is 4.05. The van der Waals surface area contributed by atoms with E-state index in [1.807, 2.05) is 37.3 Å². The van der Waals surface area contributed by atoms with Crippen molar-refractivity contribution < 1.29 is 19.1 Å². The minimum Gasteiger partial charge on any atom is -0.466 e. The monoisotopic (exact) mass is 303 g/mol. The van der Waals surface area contributed by atoms with Crippen LogP contribution in [0.25, 0.3) is 0 Å². The molecule has 0 aromatic heterocycles. The lowest BCUT2D eigenvalue weighted by atomic mass is 9.62. The summed E-state index contributed by atoms with van der Waals surface area (Å²) >= 11 is 0. The molecule has 1 aromatic rings. The van der Waals surface area contributed by atoms with Gasteiger partial charge in [-0.05, 0) is 31.2 Å². The van der Waals surface area contributed by atoms with Crippen LogP contribution in [0.1, 0.15) is 25.3 Å². The fraction of sp³-hybridized carbons (Fsp3) is 0.529. The van der Waals surface area contributed by atoms with E-state index < -0.39 is 5.41 Å². The Balaban J connectivity index is 1.58. The van der Waals surface area contributed by atoms with Crippen LogP contribution in [0.3, 0.4) is 0 Å². The lowest BCUT2D eigenvalue weighted by Gasteiger charge is -2.40. The number of ether oxygens (including phenoxy) is 2. The molecule has 2 aliphatic rings. The van der Waals surface area contributed by atoms with Crippen LogP contribution in [0, 0.1) is 11.3 Å². The second-order valence-electron chi connectivity index (χ2n) is 6.03. The van der Waals surface area contributed by atoms with Crippen LogP contribution in [0.5, 0.6) is 0 Å². The molecular weight excluding hydrogens is 282 g/mol. The van der Waals surface area contributed by atoms with Crippen molar-refractivity contribution >= 4 is 12.1 Å². The molecule has 1 aromatic carbocycles. The maximum atomic E-state index is 12.2. The van der Waals surface area contributed by atoms with E-state index in [1.165, 1.54) is 0 Å². The highest BCUT2D eigenvalue weighted by Crippen LogP contribution is 2.52. The predicted octanol–water partition coefficient (Wildman–Crippen LogP) is 2.60. The number of hydrogen-bond acceptors (Lipinski definition) is 4. The molecule has 5 heteroatoms. The van der Waals surface area contributed by atoms with Crippen molar-refractivity contribution in [2.75, 3.05) is 19.7 Å². The van der Waals surface area contributed by atoms with Crippen LogP contribution < -0.4 is 0 Å². The van der Waals surface area contributed by atoms with Crippen molar-refractivity contribution in [3.8, 4) is 0 Å². The third-order valence-electron chi connectivity index (χ3n) is 4.78. The van der Waals surface area contributed by atoms with Gasteiger partial charge in [0.2, 0.25) is 0 Å². The van der Waals surface area contributed by atoms with Crippen molar-refractivity contribution in [2.24, 2.45) is 11.3 Å². The van der Waals surface area contributed by atoms with Crippen molar-refractivity contribution in [1.82, 2.24) is 4.90 Å². The topological polar surface area (TPSA) is 55.8 Å². The average Bonchev–Trinajstić information content (AvgIpc) is 2.78. The number of amides is 1. The summed E-state index contributed by atoms with van der Waals surface area (Å²) in [4.78, 5) is 26.0. The molecule has 1 saturated carbocycles. The van der Waals surface area contributed by atoms with Crippen molar-refractivity contribution in [3.05, 3.63) is 35.9 Å². The van der Waals surface area contributed by atoms with Gasteiger partial charge in [-0.15, -0.1) is 0 Å². The van der Waals surface area contributed by atoms with Crippen molar-refractivity contribution in [3.63, 3.8) is 0 Å². The van der Waals surface area contributed by atoms with Crippen LogP contribution in [0.2, 0.25) is 0 Å². The highest BCUT2D eigenvalue weighted by molar-refractivity contribution is 5.81. The lowest BCUT2D eigenvalue weighted by Crippen LogP contribution is -2.47. The first-order valence-electron chi connectivity index (χ1n) is 7.78. The molecule has 0 bridgehead atoms. The summed E-state index contributed by atoms with van der Waals surface area (Å²) in [6.07, 6.45) is 1.43. The summed E-state index contributed by atoms with van der Waals surface area (Å²) in [7, 11) is 0. The summed E-state index contributed by atoms with van der Waals surface area (Å²) in [5.41, 5.74) is 0.472. The standard InChI is InChI=1S/C17H21NO4/c1-2-21-15(19)17-9-8-14(17)10-18(12-17)16(20)22-11-13-6-4-3-5-7-13/h3-7,14H,2,8-12H2,1H3. The molecule has 1 saturated heterocycles. The summed E-state index contributed by atoms with van der Waals surface area (Å²) in [6.45, 7) is 3.46. The maximum absolute atomic E-state index is 12.2. The summed E-state index contributed by atoms with van der Waals surface area (Å²) in [5.74, 6) is 0.0560. The van der Waals surface area contributed by atoms with Gasteiger partial charge in [0.15, 0.2) is 0 Å². The normalized spacial score (nSPS) is 26.0. The summed E-state index contributed by atoms with van der Waals surface area (Å²) in [5, 5.41) is 0. The van der Waals surface area contributed by atoms with Crippen LogP contribution in [0.15, 0.2) is 30.3 Å². The number of benzene rings is 1. The van der Waals surface area contributed by atoms with Gasteiger partial charge in [0.1, 0.15) is 6.61 Å². The largest absolute Gasteiger partial charge is 0.466 e. The highest BCUT2D eigenvalue weighted by Gasteiger charge is 2.60. The molecule has 1 aliphatic carbocycles. The first kappa shape index (κ1) is 14.9. The number of carbonyl (C=O) groups is 2. The fourth-order valence-corrected chi connectivity index (χ4v) is 3.40. The number of fused-ring (bicyclic) bond motifs is 1. The Morgan fingerprint density at radius 2 is 2.05 bits per heavy atom. The Bertz CT molecular complexity index is 559. The molecule has 2 fully saturated rings. The third kappa shape index (κ3) is 2.56. The Morgan fingerprint density at radius 1 is 1.27 bits per heavy atom. The number of carbonyl (C=O) groups excluding carboxylic acids is 2. The number of likely N-dealkylation sites (tertiary alicyclic amines) is 1. The van der Waals surface area contributed by atoms with E-state index in [0.717, 1.165) is 18.4 Å². The Labute approximate surface area is 130 Å². The molecular formula is C17H21NO4. The smallest absolute Gasteiger partial charge is 0.410 e. The van der Waals surface area contributed by atoms with Crippen molar-refractivity contribution in [1.29, 1.82) is 0 Å². The molecule has 0 radical (unpaired) electrons. The van der Waals surface area contributed by atoms with E-state index in [0.29, 0.717) is 19.7 Å². The molecule has 0 N–H and O–H groups in total. The molecule has 1 aliphatic heterocycles. The van der Waals surface area contributed by atoms with Gasteiger partial charge in [0.25, 0.3) is 0 Å². The van der Waals surface area contributed by atoms with Crippen LogP contribution >= 0.6 is 0 Å². The second kappa shape index (κ2) is 5.99. The quantitative estimate of drug-likeness (QED) is 0.802. The minimum absolute atomic E-state index is 0.162. The zero-order chi connectivity index (χ0) is 15.6. The van der Waals surface area contributed by atoms with E-state index in [2.05, 4.69) is 0 Å². The lowest BCUT2D eigenvalue weighted by molar-refractivity contribution is -0.163. The van der Waals surface area contributed by atoms with Crippen LogP contribution in [-0.2, 0) is 20.9 Å². The minimum atomic E-state index is -0.484. The highest BCUT2D eigenvalue weighted by atomic mass is 16.6. The van der Waals surface area contributed by atoms with Gasteiger partial charge in [0.05, 0.1) is 12.0 Å². The van der Waals surface area contributed by atoms with Gasteiger partial charge < -0.3 is 14.4 Å². The molecule has 22 heavy (non-hydrogen) atoms. The number of rotatable bonds is 4. The summed E-state index contributed by atoms with van der Waals surface area (Å²) < 4.78 is 10.5.